The van der Waals surface area contributed by atoms with Crippen molar-refractivity contribution in [1.82, 2.24) is 74.4 Å². The van der Waals surface area contributed by atoms with Gasteiger partial charge in [0.1, 0.15) is 78.3 Å². The Kier molecular flexibility index (Phi) is 46.0. The summed E-state index contributed by atoms with van der Waals surface area (Å²) >= 11 is 0. The number of phenols is 1. The molecule has 0 heterocycles. The van der Waals surface area contributed by atoms with E-state index in [1.54, 1.807) is 0 Å². The molecular formula is C60H103N19O24. The normalized spacial score (nSPS) is 14.5. The number of hydrogen-bond donors (Lipinski definition) is 28. The lowest BCUT2D eigenvalue weighted by atomic mass is 10.0. The smallest absolute Gasteiger partial charge is 0.326 e. The van der Waals surface area contributed by atoms with E-state index in [1.165, 1.54) is 24.3 Å². The maximum atomic E-state index is 13.9. The van der Waals surface area contributed by atoms with Crippen molar-refractivity contribution in [1.29, 1.82) is 0 Å². The number of hydrogen-bond acceptors (Lipinski definition) is 28. The maximum absolute atomic E-state index is 13.9. The van der Waals surface area contributed by atoms with Gasteiger partial charge in [-0.05, 0) is 121 Å². The van der Waals surface area contributed by atoms with Gasteiger partial charge in [-0.2, -0.15) is 0 Å². The lowest BCUT2D eigenvalue weighted by Crippen LogP contribution is -2.60. The molecule has 14 amide bonds. The lowest BCUT2D eigenvalue weighted by molar-refractivity contribution is -0.142. The van der Waals surface area contributed by atoms with Crippen LogP contribution in [-0.4, -0.2) is 299 Å². The second kappa shape index (κ2) is 51.7. The number of aliphatic hydroxyl groups excluding tert-OH is 7. The molecule has 0 spiro atoms. The highest BCUT2D eigenvalue weighted by molar-refractivity contribution is 5.99. The van der Waals surface area contributed by atoms with Crippen molar-refractivity contribution in [3.8, 4) is 5.75 Å². The number of amides is 14. The monoisotopic (exact) mass is 1470 g/mol. The van der Waals surface area contributed by atoms with E-state index in [-0.39, 0.29) is 82.4 Å². The molecular weight excluding hydrogens is 1370 g/mol. The Bertz CT molecular complexity index is 2900. The zero-order valence-electron chi connectivity index (χ0n) is 56.9. The average molecular weight is 1470 g/mol. The van der Waals surface area contributed by atoms with Gasteiger partial charge in [-0.1, -0.05) is 12.1 Å². The number of carbonyl (C=O) groups excluding carboxylic acids is 14. The fraction of sp³-hybridized carbons (Fsp3) is 0.650. The molecule has 1 aromatic rings. The summed E-state index contributed by atoms with van der Waals surface area (Å²) in [6.07, 6.45) is 1.95. The molecule has 43 heteroatoms. The summed E-state index contributed by atoms with van der Waals surface area (Å²) in [7, 11) is 0. The third kappa shape index (κ3) is 35.8. The highest BCUT2D eigenvalue weighted by Gasteiger charge is 2.35. The predicted octanol–water partition coefficient (Wildman–Crippen LogP) is -14.5. The van der Waals surface area contributed by atoms with Crippen molar-refractivity contribution in [2.45, 2.75) is 156 Å². The molecule has 0 aliphatic carbocycles. The van der Waals surface area contributed by atoms with Crippen molar-refractivity contribution < 1.29 is 118 Å². The fourth-order valence-electron chi connectivity index (χ4n) is 9.15. The van der Waals surface area contributed by atoms with Crippen LogP contribution in [0.2, 0.25) is 0 Å². The molecule has 0 bridgehead atoms. The third-order valence-electron chi connectivity index (χ3n) is 15.1. The van der Waals surface area contributed by atoms with E-state index in [0.717, 1.165) is 0 Å². The Hall–Kier alpha value is -9.41. The Balaban J connectivity index is 3.15. The molecule has 0 saturated carbocycles. The zero-order valence-corrected chi connectivity index (χ0v) is 56.9. The molecule has 582 valence electrons. The molecule has 0 radical (unpaired) electrons. The first kappa shape index (κ1) is 91.6. The van der Waals surface area contributed by atoms with Crippen LogP contribution >= 0.6 is 0 Å². The summed E-state index contributed by atoms with van der Waals surface area (Å²) in [6, 6.07) is -14.3. The van der Waals surface area contributed by atoms with E-state index >= 15 is 0 Å². The Morgan fingerprint density at radius 3 is 0.854 bits per heavy atom. The number of nitrogens with one attached hydrogen (secondary N) is 14. The molecule has 0 fully saturated rings. The van der Waals surface area contributed by atoms with Gasteiger partial charge in [-0.25, -0.2) is 4.79 Å². The van der Waals surface area contributed by atoms with E-state index in [9.17, 15) is 118 Å². The van der Waals surface area contributed by atoms with Crippen LogP contribution in [0.5, 0.6) is 5.75 Å². The molecule has 12 atom stereocenters. The molecule has 1 aromatic carbocycles. The van der Waals surface area contributed by atoms with Crippen molar-refractivity contribution in [2.75, 3.05) is 92.1 Å². The molecule has 103 heavy (non-hydrogen) atoms. The minimum atomic E-state index is -1.89. The number of carboxylic acid groups (broad SMARTS) is 1. The SMILES string of the molecule is NCCCC[C@H](NC(=O)[C@H](CO)NC(=O)CNC(=O)[C@H](CCCCN)NC(=O)[C@H](CO)NC(=O)CNC(=O)[C@H](CO)NC(=O)[C@H](Cc1ccc(O)cc1)NC(=O)[C@H](CO)NC(=O)CNC(=O)[C@H](CO)NC(=O)[C@H](CCCCN)NC(=O)[C@H](CCCCN)NC(=O)[C@H](CO)NC(=O)[C@@H](N)CO)C(=O)O. The van der Waals surface area contributed by atoms with Gasteiger partial charge in [-0.3, -0.25) is 67.1 Å². The van der Waals surface area contributed by atoms with Gasteiger partial charge in [0.15, 0.2) is 0 Å². The third-order valence-corrected chi connectivity index (χ3v) is 15.1. The molecule has 1 rings (SSSR count). The Morgan fingerprint density at radius 2 is 0.544 bits per heavy atom. The average Bonchev–Trinajstić information content (AvgIpc) is 0.918. The quantitative estimate of drug-likeness (QED) is 0.0269. The lowest BCUT2D eigenvalue weighted by Gasteiger charge is -2.26. The van der Waals surface area contributed by atoms with Gasteiger partial charge in [0, 0.05) is 6.42 Å². The number of benzene rings is 1. The van der Waals surface area contributed by atoms with Crippen LogP contribution in [-0.2, 0) is 78.3 Å². The first-order chi connectivity index (χ1) is 49.0. The second-order valence-electron chi connectivity index (χ2n) is 23.2. The number of aliphatic hydroxyl groups is 7. The molecule has 0 aromatic heterocycles. The van der Waals surface area contributed by atoms with Crippen molar-refractivity contribution in [3.63, 3.8) is 0 Å². The number of aromatic hydroxyl groups is 1. The van der Waals surface area contributed by atoms with Crippen LogP contribution in [0, 0.1) is 0 Å². The summed E-state index contributed by atoms with van der Waals surface area (Å²) in [5.74, 6) is -16.9. The molecule has 0 aliphatic heterocycles. The van der Waals surface area contributed by atoms with Crippen LogP contribution in [0.1, 0.15) is 82.6 Å². The van der Waals surface area contributed by atoms with Gasteiger partial charge in [-0.15, -0.1) is 0 Å². The van der Waals surface area contributed by atoms with E-state index in [2.05, 4.69) is 74.4 Å². The van der Waals surface area contributed by atoms with Crippen LogP contribution in [0.25, 0.3) is 0 Å². The number of carboxylic acids is 1. The van der Waals surface area contributed by atoms with E-state index in [1.807, 2.05) is 0 Å². The molecule has 43 nitrogen and oxygen atoms in total. The van der Waals surface area contributed by atoms with E-state index < -0.39 is 233 Å². The summed E-state index contributed by atoms with van der Waals surface area (Å²) in [5.41, 5.74) is 28.0. The van der Waals surface area contributed by atoms with Crippen LogP contribution in [0.4, 0.5) is 0 Å². The second-order valence-corrected chi connectivity index (χ2v) is 23.2. The first-order valence-corrected chi connectivity index (χ1v) is 33.0. The topological polar surface area (TPSA) is 737 Å². The summed E-state index contributed by atoms with van der Waals surface area (Å²) in [5, 5.41) is 120. The number of aliphatic carboxylic acids is 1. The predicted molar refractivity (Wildman–Crippen MR) is 359 cm³/mol. The largest absolute Gasteiger partial charge is 0.508 e. The molecule has 33 N–H and O–H groups in total. The number of rotatable bonds is 54. The highest BCUT2D eigenvalue weighted by atomic mass is 16.4. The standard InChI is InChI=1S/C60H103N19O24/c61-17-5-1-9-35(50(92)66-22-46(88)70-43(29-84)57(99)75-38(60(102)103)12-4-8-20-64)72-56(98)42(28-83)69-47(89)23-68-52(94)41(27-82)79-55(97)39(21-32-13-15-33(87)16-14-32)76-58(100)44(30-85)71-48(90)24-67-51(93)40(26-81)78-54(96)37(11-3-7-19-63)73-53(95)36(10-2-6-18-62)74-59(101)45(31-86)77-49(91)34(65)25-80/h13-16,34-45,80-87H,1-12,17-31,61-65H2,(H,66,92)(H,67,93)(H,68,94)(H,69,89)(H,70,88)(H,71,90)(H,72,98)(H,73,95)(H,74,101)(H,75,99)(H,76,100)(H,77,91)(H,78,96)(H,79,97)(H,102,103)/t34-,35-,36-,37-,38-,39-,40-,41-,42-,43-,44-,45-/m0/s1. The summed E-state index contributed by atoms with van der Waals surface area (Å²) in [4.78, 5) is 197. The van der Waals surface area contributed by atoms with Gasteiger partial charge in [0.05, 0.1) is 65.9 Å². The number of nitrogens with two attached hydrogens (primary N) is 5. The number of unbranched alkanes of at least 4 members (excludes halogenated alkanes) is 4. The zero-order chi connectivity index (χ0) is 77.6. The molecule has 0 unspecified atom stereocenters. The minimum absolute atomic E-state index is 0.00188. The van der Waals surface area contributed by atoms with Gasteiger partial charge < -0.3 is 149 Å². The van der Waals surface area contributed by atoms with Crippen molar-refractivity contribution in [3.05, 3.63) is 29.8 Å². The Morgan fingerprint density at radius 1 is 0.301 bits per heavy atom. The maximum Gasteiger partial charge on any atom is 0.326 e. The van der Waals surface area contributed by atoms with Gasteiger partial charge in [0.2, 0.25) is 82.7 Å². The molecule has 0 aliphatic rings. The summed E-state index contributed by atoms with van der Waals surface area (Å²) in [6.45, 7) is -9.16. The fourth-order valence-corrected chi connectivity index (χ4v) is 9.15. The highest BCUT2D eigenvalue weighted by Crippen LogP contribution is 2.13. The van der Waals surface area contributed by atoms with Gasteiger partial charge >= 0.3 is 5.97 Å². The van der Waals surface area contributed by atoms with E-state index in [4.69, 9.17) is 28.7 Å². The van der Waals surface area contributed by atoms with Gasteiger partial charge in [0.25, 0.3) is 0 Å². The van der Waals surface area contributed by atoms with Crippen molar-refractivity contribution in [2.24, 2.45) is 28.7 Å². The Labute approximate surface area is 591 Å². The number of phenolic OH excluding ortho intramolecular Hbond substituents is 1. The van der Waals surface area contributed by atoms with Crippen LogP contribution < -0.4 is 103 Å². The number of carbonyl (C=O) groups is 15. The van der Waals surface area contributed by atoms with Crippen LogP contribution in [0.3, 0.4) is 0 Å². The van der Waals surface area contributed by atoms with Crippen molar-refractivity contribution >= 4 is 88.7 Å². The first-order valence-electron chi connectivity index (χ1n) is 33.0. The minimum Gasteiger partial charge on any atom is -0.508 e. The summed E-state index contributed by atoms with van der Waals surface area (Å²) < 4.78 is 0. The molecule has 0 saturated heterocycles. The van der Waals surface area contributed by atoms with E-state index in [0.29, 0.717) is 32.1 Å². The van der Waals surface area contributed by atoms with Crippen LogP contribution in [0.15, 0.2) is 24.3 Å².